The van der Waals surface area contributed by atoms with Crippen molar-refractivity contribution < 1.29 is 14.2 Å². The SMILES string of the molecule is COC(C(O)Cc1cc(F)ccc1Br)C1CCCCC1. The minimum Gasteiger partial charge on any atom is -0.390 e. The predicted octanol–water partition coefficient (Wildman–Crippen LogP) is 4.09. The van der Waals surface area contributed by atoms with E-state index in [4.69, 9.17) is 4.74 Å². The molecule has 0 aromatic heterocycles. The molecule has 1 aromatic rings. The number of aliphatic hydroxyl groups is 1. The van der Waals surface area contributed by atoms with Crippen molar-refractivity contribution in [3.05, 3.63) is 34.1 Å². The maximum Gasteiger partial charge on any atom is 0.123 e. The van der Waals surface area contributed by atoms with Crippen molar-refractivity contribution in [1.29, 1.82) is 0 Å². The maximum atomic E-state index is 13.3. The van der Waals surface area contributed by atoms with E-state index >= 15 is 0 Å². The van der Waals surface area contributed by atoms with E-state index in [1.807, 2.05) is 0 Å². The summed E-state index contributed by atoms with van der Waals surface area (Å²) in [6.45, 7) is 0. The summed E-state index contributed by atoms with van der Waals surface area (Å²) >= 11 is 3.41. The standard InChI is InChI=1S/C16H22BrFO2/c1-20-16(11-5-3-2-4-6-11)15(19)10-12-9-13(18)7-8-14(12)17/h7-9,11,15-16,19H,2-6,10H2,1H3. The lowest BCUT2D eigenvalue weighted by Gasteiger charge is -2.32. The van der Waals surface area contributed by atoms with Crippen molar-refractivity contribution in [3.8, 4) is 0 Å². The Kier molecular flexibility index (Phi) is 6.00. The summed E-state index contributed by atoms with van der Waals surface area (Å²) in [5.74, 6) is 0.137. The van der Waals surface area contributed by atoms with Gasteiger partial charge in [0, 0.05) is 18.0 Å². The second-order valence-corrected chi connectivity index (χ2v) is 6.46. The van der Waals surface area contributed by atoms with Gasteiger partial charge in [-0.15, -0.1) is 0 Å². The molecule has 2 unspecified atom stereocenters. The van der Waals surface area contributed by atoms with Crippen LogP contribution < -0.4 is 0 Å². The zero-order valence-electron chi connectivity index (χ0n) is 11.8. The molecule has 0 aliphatic heterocycles. The topological polar surface area (TPSA) is 29.5 Å². The van der Waals surface area contributed by atoms with Crippen LogP contribution in [0, 0.1) is 11.7 Å². The molecule has 0 heterocycles. The van der Waals surface area contributed by atoms with E-state index in [0.717, 1.165) is 22.9 Å². The summed E-state index contributed by atoms with van der Waals surface area (Å²) < 4.78 is 19.7. The molecule has 1 aliphatic carbocycles. The van der Waals surface area contributed by atoms with E-state index in [1.54, 1.807) is 13.2 Å². The van der Waals surface area contributed by atoms with Crippen LogP contribution in [0.15, 0.2) is 22.7 Å². The summed E-state index contributed by atoms with van der Waals surface area (Å²) in [5.41, 5.74) is 0.787. The highest BCUT2D eigenvalue weighted by atomic mass is 79.9. The second kappa shape index (κ2) is 7.53. The lowest BCUT2D eigenvalue weighted by molar-refractivity contribution is -0.0536. The van der Waals surface area contributed by atoms with Gasteiger partial charge in [0.05, 0.1) is 12.2 Å². The molecule has 112 valence electrons. The number of hydrogen-bond acceptors (Lipinski definition) is 2. The number of aliphatic hydroxyl groups excluding tert-OH is 1. The largest absolute Gasteiger partial charge is 0.390 e. The second-order valence-electron chi connectivity index (χ2n) is 5.61. The van der Waals surface area contributed by atoms with Gasteiger partial charge >= 0.3 is 0 Å². The molecule has 1 saturated carbocycles. The number of methoxy groups -OCH3 is 1. The molecule has 1 fully saturated rings. The molecular formula is C16H22BrFO2. The van der Waals surface area contributed by atoms with Crippen molar-refractivity contribution in [3.63, 3.8) is 0 Å². The van der Waals surface area contributed by atoms with Crippen LogP contribution in [0.3, 0.4) is 0 Å². The van der Waals surface area contributed by atoms with Crippen molar-refractivity contribution >= 4 is 15.9 Å². The Bertz CT molecular complexity index is 432. The molecule has 4 heteroatoms. The Morgan fingerprint density at radius 1 is 1.35 bits per heavy atom. The highest BCUT2D eigenvalue weighted by molar-refractivity contribution is 9.10. The van der Waals surface area contributed by atoms with Crippen LogP contribution >= 0.6 is 15.9 Å². The summed E-state index contributed by atoms with van der Waals surface area (Å²) in [4.78, 5) is 0. The molecule has 0 bridgehead atoms. The quantitative estimate of drug-likeness (QED) is 0.871. The molecule has 2 nitrogen and oxygen atoms in total. The number of hydrogen-bond donors (Lipinski definition) is 1. The van der Waals surface area contributed by atoms with Gasteiger partial charge in [-0.3, -0.25) is 0 Å². The van der Waals surface area contributed by atoms with Gasteiger partial charge in [0.1, 0.15) is 5.82 Å². The van der Waals surface area contributed by atoms with E-state index in [1.165, 1.54) is 31.4 Å². The number of benzene rings is 1. The number of ether oxygens (including phenoxy) is 1. The Hall–Kier alpha value is -0.450. The maximum absolute atomic E-state index is 13.3. The van der Waals surface area contributed by atoms with Gasteiger partial charge in [0.2, 0.25) is 0 Å². The summed E-state index contributed by atoms with van der Waals surface area (Å²) in [6, 6.07) is 4.57. The average molecular weight is 345 g/mol. The first-order chi connectivity index (χ1) is 9.61. The Morgan fingerprint density at radius 2 is 2.05 bits per heavy atom. The van der Waals surface area contributed by atoms with E-state index in [2.05, 4.69) is 15.9 Å². The lowest BCUT2D eigenvalue weighted by Crippen LogP contribution is -2.37. The average Bonchev–Trinajstić information content (AvgIpc) is 2.45. The fourth-order valence-electron chi connectivity index (χ4n) is 3.17. The molecule has 0 amide bonds. The summed E-state index contributed by atoms with van der Waals surface area (Å²) in [6.07, 6.45) is 5.57. The molecule has 1 aromatic carbocycles. The summed E-state index contributed by atoms with van der Waals surface area (Å²) in [5, 5.41) is 10.5. The Labute approximate surface area is 128 Å². The van der Waals surface area contributed by atoms with Gasteiger partial charge in [0.15, 0.2) is 0 Å². The van der Waals surface area contributed by atoms with Gasteiger partial charge in [0.25, 0.3) is 0 Å². The van der Waals surface area contributed by atoms with Crippen molar-refractivity contribution in [2.45, 2.75) is 50.7 Å². The minimum atomic E-state index is -0.596. The first-order valence-corrected chi connectivity index (χ1v) is 8.06. The van der Waals surface area contributed by atoms with Gasteiger partial charge in [-0.05, 0) is 42.5 Å². The van der Waals surface area contributed by atoms with Gasteiger partial charge < -0.3 is 9.84 Å². The monoisotopic (exact) mass is 344 g/mol. The first kappa shape index (κ1) is 15.9. The van der Waals surface area contributed by atoms with E-state index in [-0.39, 0.29) is 11.9 Å². The highest BCUT2D eigenvalue weighted by Gasteiger charge is 2.29. The zero-order valence-corrected chi connectivity index (χ0v) is 13.4. The Balaban J connectivity index is 2.04. The first-order valence-electron chi connectivity index (χ1n) is 7.26. The molecular weight excluding hydrogens is 323 g/mol. The predicted molar refractivity (Wildman–Crippen MR) is 81.2 cm³/mol. The number of rotatable bonds is 5. The molecule has 1 aliphatic rings. The van der Waals surface area contributed by atoms with Crippen molar-refractivity contribution in [2.24, 2.45) is 5.92 Å². The molecule has 20 heavy (non-hydrogen) atoms. The summed E-state index contributed by atoms with van der Waals surface area (Å²) in [7, 11) is 1.66. The zero-order chi connectivity index (χ0) is 14.5. The van der Waals surface area contributed by atoms with E-state index in [9.17, 15) is 9.50 Å². The van der Waals surface area contributed by atoms with E-state index < -0.39 is 6.10 Å². The Morgan fingerprint density at radius 3 is 2.70 bits per heavy atom. The minimum absolute atomic E-state index is 0.162. The molecule has 0 spiro atoms. The normalized spacial score (nSPS) is 19.8. The van der Waals surface area contributed by atoms with Crippen LogP contribution in [-0.2, 0) is 11.2 Å². The third kappa shape index (κ3) is 4.03. The third-order valence-electron chi connectivity index (χ3n) is 4.20. The van der Waals surface area contributed by atoms with Crippen LogP contribution in [0.4, 0.5) is 4.39 Å². The van der Waals surface area contributed by atoms with Crippen LogP contribution in [0.5, 0.6) is 0 Å². The van der Waals surface area contributed by atoms with Gasteiger partial charge in [-0.2, -0.15) is 0 Å². The number of halogens is 2. The van der Waals surface area contributed by atoms with Crippen molar-refractivity contribution in [2.75, 3.05) is 7.11 Å². The van der Waals surface area contributed by atoms with Crippen LogP contribution in [0.1, 0.15) is 37.7 Å². The lowest BCUT2D eigenvalue weighted by atomic mass is 9.82. The van der Waals surface area contributed by atoms with Crippen molar-refractivity contribution in [1.82, 2.24) is 0 Å². The fraction of sp³-hybridized carbons (Fsp3) is 0.625. The van der Waals surface area contributed by atoms with Crippen LogP contribution in [0.25, 0.3) is 0 Å². The van der Waals surface area contributed by atoms with Crippen LogP contribution in [-0.4, -0.2) is 24.4 Å². The highest BCUT2D eigenvalue weighted by Crippen LogP contribution is 2.31. The molecule has 1 N–H and O–H groups in total. The third-order valence-corrected chi connectivity index (χ3v) is 4.98. The molecule has 0 saturated heterocycles. The van der Waals surface area contributed by atoms with E-state index in [0.29, 0.717) is 12.3 Å². The van der Waals surface area contributed by atoms with Gasteiger partial charge in [-0.1, -0.05) is 35.2 Å². The smallest absolute Gasteiger partial charge is 0.123 e. The fourth-order valence-corrected chi connectivity index (χ4v) is 3.58. The van der Waals surface area contributed by atoms with Gasteiger partial charge in [-0.25, -0.2) is 4.39 Å². The van der Waals surface area contributed by atoms with Crippen LogP contribution in [0.2, 0.25) is 0 Å². The molecule has 0 radical (unpaired) electrons. The molecule has 2 rings (SSSR count). The molecule has 2 atom stereocenters.